The van der Waals surface area contributed by atoms with Crippen molar-refractivity contribution in [2.24, 2.45) is 0 Å². The number of carbonyl (C=O) groups is 2. The number of carbonyl (C=O) groups excluding carboxylic acids is 1. The summed E-state index contributed by atoms with van der Waals surface area (Å²) in [5.41, 5.74) is 1.75. The minimum atomic E-state index is -0.877. The first-order valence-corrected chi connectivity index (χ1v) is 8.91. The van der Waals surface area contributed by atoms with E-state index in [0.29, 0.717) is 25.2 Å². The van der Waals surface area contributed by atoms with Crippen LogP contribution in [0, 0.1) is 0 Å². The van der Waals surface area contributed by atoms with Gasteiger partial charge in [0.15, 0.2) is 0 Å². The molecule has 0 amide bonds. The van der Waals surface area contributed by atoms with Gasteiger partial charge in [-0.15, -0.1) is 0 Å². The van der Waals surface area contributed by atoms with Crippen LogP contribution in [0.25, 0.3) is 10.9 Å². The number of benzene rings is 2. The van der Waals surface area contributed by atoms with Gasteiger partial charge in [0.2, 0.25) is 0 Å². The quantitative estimate of drug-likeness (QED) is 0.582. The number of fused-ring (bicyclic) bond motifs is 1. The van der Waals surface area contributed by atoms with Gasteiger partial charge in [-0.3, -0.25) is 9.48 Å². The van der Waals surface area contributed by atoms with Crippen LogP contribution in [0.4, 0.5) is 0 Å². The largest absolute Gasteiger partial charge is 0.494 e. The summed E-state index contributed by atoms with van der Waals surface area (Å²) in [6.07, 6.45) is 2.86. The Labute approximate surface area is 157 Å². The summed E-state index contributed by atoms with van der Waals surface area (Å²) in [5, 5.41) is 14.7. The maximum Gasteiger partial charge on any atom is 0.305 e. The Morgan fingerprint density at radius 3 is 2.67 bits per heavy atom. The fourth-order valence-electron chi connectivity index (χ4n) is 3.07. The molecule has 0 bridgehead atoms. The van der Waals surface area contributed by atoms with Crippen LogP contribution in [0.15, 0.2) is 54.7 Å². The van der Waals surface area contributed by atoms with E-state index in [0.717, 1.165) is 16.5 Å². The molecule has 3 aromatic rings. The van der Waals surface area contributed by atoms with Crippen molar-refractivity contribution in [2.45, 2.75) is 32.2 Å². The number of carboxylic acids is 1. The number of carboxylic acid groups (broad SMARTS) is 1. The zero-order valence-electron chi connectivity index (χ0n) is 15.2. The Hall–Kier alpha value is -3.15. The number of aromatic nitrogens is 2. The van der Waals surface area contributed by atoms with Crippen LogP contribution in [0.5, 0.6) is 5.75 Å². The molecule has 2 aromatic carbocycles. The first kappa shape index (κ1) is 18.6. The van der Waals surface area contributed by atoms with Gasteiger partial charge >= 0.3 is 5.97 Å². The van der Waals surface area contributed by atoms with Crippen LogP contribution in [0.1, 0.15) is 37.8 Å². The summed E-state index contributed by atoms with van der Waals surface area (Å²) >= 11 is 0. The van der Waals surface area contributed by atoms with E-state index in [1.54, 1.807) is 17.8 Å². The molecule has 3 rings (SSSR count). The number of Topliss-reactive ketones (excluding diaryl/α,β-unsaturated/α-hetero) is 1. The number of ether oxygens (including phenoxy) is 1. The molecule has 0 radical (unpaired) electrons. The zero-order chi connectivity index (χ0) is 19.2. The van der Waals surface area contributed by atoms with Crippen LogP contribution in [-0.2, 0) is 9.59 Å². The first-order chi connectivity index (χ1) is 13.0. The van der Waals surface area contributed by atoms with E-state index >= 15 is 0 Å². The highest BCUT2D eigenvalue weighted by molar-refractivity contribution is 5.81. The number of ketones is 1. The van der Waals surface area contributed by atoms with E-state index in [2.05, 4.69) is 5.10 Å². The fourth-order valence-corrected chi connectivity index (χ4v) is 3.07. The van der Waals surface area contributed by atoms with Crippen LogP contribution in [-0.4, -0.2) is 33.2 Å². The zero-order valence-corrected chi connectivity index (χ0v) is 15.2. The minimum absolute atomic E-state index is 0.0515. The van der Waals surface area contributed by atoms with Gasteiger partial charge in [0.25, 0.3) is 0 Å². The molecule has 1 aromatic heterocycles. The molecule has 1 heterocycles. The Kier molecular flexibility index (Phi) is 5.86. The molecule has 6 nitrogen and oxygen atoms in total. The lowest BCUT2D eigenvalue weighted by Crippen LogP contribution is -2.16. The SMILES string of the molecule is CC(=O)CCCOc1ccc2c(cnn2C(CC(=O)O)c2ccccc2)c1. The molecule has 27 heavy (non-hydrogen) atoms. The molecule has 1 atom stereocenters. The summed E-state index contributed by atoms with van der Waals surface area (Å²) in [6.45, 7) is 2.05. The van der Waals surface area contributed by atoms with E-state index in [4.69, 9.17) is 4.74 Å². The average Bonchev–Trinajstić information content (AvgIpc) is 3.07. The molecule has 0 saturated carbocycles. The highest BCUT2D eigenvalue weighted by Crippen LogP contribution is 2.28. The van der Waals surface area contributed by atoms with E-state index < -0.39 is 5.97 Å². The van der Waals surface area contributed by atoms with Gasteiger partial charge in [-0.25, -0.2) is 0 Å². The van der Waals surface area contributed by atoms with Gasteiger partial charge in [0, 0.05) is 11.8 Å². The smallest absolute Gasteiger partial charge is 0.305 e. The summed E-state index contributed by atoms with van der Waals surface area (Å²) < 4.78 is 7.45. The predicted molar refractivity (Wildman–Crippen MR) is 102 cm³/mol. The Morgan fingerprint density at radius 2 is 1.96 bits per heavy atom. The van der Waals surface area contributed by atoms with Crippen molar-refractivity contribution in [3.63, 3.8) is 0 Å². The number of hydrogen-bond donors (Lipinski definition) is 1. The fraction of sp³-hybridized carbons (Fsp3) is 0.286. The number of hydrogen-bond acceptors (Lipinski definition) is 4. The second-order valence-electron chi connectivity index (χ2n) is 6.49. The molecule has 0 saturated heterocycles. The molecule has 0 aliphatic heterocycles. The van der Waals surface area contributed by atoms with E-state index in [9.17, 15) is 14.7 Å². The van der Waals surface area contributed by atoms with Gasteiger partial charge in [-0.05, 0) is 37.1 Å². The number of aliphatic carboxylic acids is 1. The van der Waals surface area contributed by atoms with Crippen molar-refractivity contribution in [1.82, 2.24) is 9.78 Å². The van der Waals surface area contributed by atoms with Crippen LogP contribution in [0.2, 0.25) is 0 Å². The summed E-state index contributed by atoms with van der Waals surface area (Å²) in [5.74, 6) is -0.0151. The van der Waals surface area contributed by atoms with E-state index in [-0.39, 0.29) is 18.2 Å². The highest BCUT2D eigenvalue weighted by atomic mass is 16.5. The number of nitrogens with zero attached hydrogens (tertiary/aromatic N) is 2. The lowest BCUT2D eigenvalue weighted by atomic mass is 10.0. The lowest BCUT2D eigenvalue weighted by Gasteiger charge is -2.17. The molecule has 0 aliphatic rings. The van der Waals surface area contributed by atoms with Crippen molar-refractivity contribution in [2.75, 3.05) is 6.61 Å². The van der Waals surface area contributed by atoms with Gasteiger partial charge in [-0.1, -0.05) is 30.3 Å². The van der Waals surface area contributed by atoms with Crippen molar-refractivity contribution in [3.05, 3.63) is 60.3 Å². The Bertz CT molecular complexity index is 934. The third kappa shape index (κ3) is 4.73. The van der Waals surface area contributed by atoms with Gasteiger partial charge in [-0.2, -0.15) is 5.10 Å². The highest BCUT2D eigenvalue weighted by Gasteiger charge is 2.20. The third-order valence-electron chi connectivity index (χ3n) is 4.36. The van der Waals surface area contributed by atoms with Crippen molar-refractivity contribution in [3.8, 4) is 5.75 Å². The van der Waals surface area contributed by atoms with Crippen molar-refractivity contribution < 1.29 is 19.4 Å². The van der Waals surface area contributed by atoms with Crippen LogP contribution in [0.3, 0.4) is 0 Å². The maximum atomic E-state index is 11.4. The van der Waals surface area contributed by atoms with Gasteiger partial charge in [0.05, 0.1) is 30.8 Å². The first-order valence-electron chi connectivity index (χ1n) is 8.91. The molecule has 0 fully saturated rings. The summed E-state index contributed by atoms with van der Waals surface area (Å²) in [6, 6.07) is 14.7. The van der Waals surface area contributed by atoms with E-state index in [1.807, 2.05) is 48.5 Å². The number of rotatable bonds is 9. The summed E-state index contributed by atoms with van der Waals surface area (Å²) in [4.78, 5) is 22.4. The lowest BCUT2D eigenvalue weighted by molar-refractivity contribution is -0.137. The molecule has 1 unspecified atom stereocenters. The molecule has 0 aliphatic carbocycles. The predicted octanol–water partition coefficient (Wildman–Crippen LogP) is 3.85. The molecule has 140 valence electrons. The third-order valence-corrected chi connectivity index (χ3v) is 4.36. The molecule has 1 N–H and O–H groups in total. The van der Waals surface area contributed by atoms with Crippen molar-refractivity contribution >= 4 is 22.7 Å². The molecular weight excluding hydrogens is 344 g/mol. The molecule has 6 heteroatoms. The molecular formula is C21H22N2O4. The Morgan fingerprint density at radius 1 is 1.19 bits per heavy atom. The second kappa shape index (κ2) is 8.49. The minimum Gasteiger partial charge on any atom is -0.494 e. The van der Waals surface area contributed by atoms with Crippen LogP contribution >= 0.6 is 0 Å². The van der Waals surface area contributed by atoms with E-state index in [1.165, 1.54) is 0 Å². The normalized spacial score (nSPS) is 12.0. The summed E-state index contributed by atoms with van der Waals surface area (Å²) in [7, 11) is 0. The van der Waals surface area contributed by atoms with Gasteiger partial charge in [0.1, 0.15) is 11.5 Å². The maximum absolute atomic E-state index is 11.4. The average molecular weight is 366 g/mol. The Balaban J connectivity index is 1.84. The van der Waals surface area contributed by atoms with Crippen molar-refractivity contribution in [1.29, 1.82) is 0 Å². The van der Waals surface area contributed by atoms with Gasteiger partial charge < -0.3 is 14.6 Å². The molecule has 0 spiro atoms. The standard InChI is InChI=1S/C21H22N2O4/c1-15(24)6-5-11-27-18-9-10-19-17(12-18)14-22-23(19)20(13-21(25)26)16-7-3-2-4-8-16/h2-4,7-10,12,14,20H,5-6,11,13H2,1H3,(H,25,26). The topological polar surface area (TPSA) is 81.4 Å². The van der Waals surface area contributed by atoms with Crippen LogP contribution < -0.4 is 4.74 Å². The second-order valence-corrected chi connectivity index (χ2v) is 6.49. The monoisotopic (exact) mass is 366 g/mol.